The Kier molecular flexibility index (Phi) is 7.62. The fourth-order valence-corrected chi connectivity index (χ4v) is 3.08. The van der Waals surface area contributed by atoms with E-state index in [4.69, 9.17) is 21.1 Å². The summed E-state index contributed by atoms with van der Waals surface area (Å²) in [6.45, 7) is 2.42. The van der Waals surface area contributed by atoms with Gasteiger partial charge in [0.25, 0.3) is 5.69 Å². The predicted molar refractivity (Wildman–Crippen MR) is 122 cm³/mol. The third-order valence-electron chi connectivity index (χ3n) is 4.33. The summed E-state index contributed by atoms with van der Waals surface area (Å²) in [5.41, 5.74) is 5.34. The molecule has 0 saturated heterocycles. The van der Waals surface area contributed by atoms with Crippen LogP contribution in [-0.4, -0.2) is 17.7 Å². The van der Waals surface area contributed by atoms with Crippen LogP contribution in [0.25, 0.3) is 0 Å². The van der Waals surface area contributed by atoms with Crippen molar-refractivity contribution in [2.45, 2.75) is 13.5 Å². The van der Waals surface area contributed by atoms with E-state index in [1.807, 2.05) is 19.1 Å². The number of nitriles is 1. The SMILES string of the molecule is CCOc1cc(/C=N/Nc2ccc([N+](=O)[O-])cc2)cc(Cl)c1OCc1ccccc1C#N. The number of rotatable bonds is 9. The lowest BCUT2D eigenvalue weighted by molar-refractivity contribution is -0.384. The number of nitrogens with zero attached hydrogens (tertiary/aromatic N) is 3. The largest absolute Gasteiger partial charge is 0.490 e. The van der Waals surface area contributed by atoms with Gasteiger partial charge < -0.3 is 9.47 Å². The first-order valence-corrected chi connectivity index (χ1v) is 10.00. The Bertz CT molecular complexity index is 1170. The molecule has 0 aromatic heterocycles. The van der Waals surface area contributed by atoms with Gasteiger partial charge in [-0.1, -0.05) is 29.8 Å². The van der Waals surface area contributed by atoms with Gasteiger partial charge in [0.15, 0.2) is 11.5 Å². The van der Waals surface area contributed by atoms with Crippen LogP contribution < -0.4 is 14.9 Å². The van der Waals surface area contributed by atoms with Gasteiger partial charge in [-0.05, 0) is 42.8 Å². The quantitative estimate of drug-likeness (QED) is 0.260. The lowest BCUT2D eigenvalue weighted by Crippen LogP contribution is -2.03. The van der Waals surface area contributed by atoms with Gasteiger partial charge >= 0.3 is 0 Å². The highest BCUT2D eigenvalue weighted by Crippen LogP contribution is 2.37. The van der Waals surface area contributed by atoms with E-state index in [1.54, 1.807) is 42.6 Å². The summed E-state index contributed by atoms with van der Waals surface area (Å²) in [5, 5.41) is 24.4. The molecule has 0 bridgehead atoms. The number of hydrazone groups is 1. The number of halogens is 1. The average Bonchev–Trinajstić information content (AvgIpc) is 2.79. The van der Waals surface area contributed by atoms with Gasteiger partial charge in [0.2, 0.25) is 0 Å². The zero-order chi connectivity index (χ0) is 22.9. The third kappa shape index (κ3) is 5.74. The van der Waals surface area contributed by atoms with Crippen molar-refractivity contribution in [1.29, 1.82) is 5.26 Å². The average molecular weight is 451 g/mol. The Hall–Kier alpha value is -4.09. The smallest absolute Gasteiger partial charge is 0.269 e. The fourth-order valence-electron chi connectivity index (χ4n) is 2.81. The monoisotopic (exact) mass is 450 g/mol. The van der Waals surface area contributed by atoms with Gasteiger partial charge in [0.05, 0.1) is 40.1 Å². The van der Waals surface area contributed by atoms with Crippen LogP contribution in [0.4, 0.5) is 11.4 Å². The minimum atomic E-state index is -0.465. The molecule has 0 aliphatic heterocycles. The van der Waals surface area contributed by atoms with Crippen LogP contribution in [0, 0.1) is 21.4 Å². The Labute approximate surface area is 189 Å². The summed E-state index contributed by atoms with van der Waals surface area (Å²) in [6, 6.07) is 18.6. The normalized spacial score (nSPS) is 10.5. The van der Waals surface area contributed by atoms with Crippen LogP contribution in [-0.2, 0) is 6.61 Å². The van der Waals surface area contributed by atoms with Crippen LogP contribution >= 0.6 is 11.6 Å². The van der Waals surface area contributed by atoms with Gasteiger partial charge in [0, 0.05) is 17.7 Å². The van der Waals surface area contributed by atoms with Gasteiger partial charge in [-0.3, -0.25) is 15.5 Å². The van der Waals surface area contributed by atoms with Gasteiger partial charge in [-0.15, -0.1) is 0 Å². The van der Waals surface area contributed by atoms with E-state index in [0.717, 1.165) is 5.56 Å². The van der Waals surface area contributed by atoms with Crippen molar-refractivity contribution in [3.8, 4) is 17.6 Å². The summed E-state index contributed by atoms with van der Waals surface area (Å²) in [6.07, 6.45) is 1.55. The maximum atomic E-state index is 10.7. The van der Waals surface area contributed by atoms with Crippen molar-refractivity contribution in [2.75, 3.05) is 12.0 Å². The molecule has 3 rings (SSSR count). The number of nitro benzene ring substituents is 1. The second kappa shape index (κ2) is 10.8. The molecule has 8 nitrogen and oxygen atoms in total. The predicted octanol–water partition coefficient (Wildman–Crippen LogP) is 5.54. The first-order chi connectivity index (χ1) is 15.5. The molecule has 9 heteroatoms. The molecule has 1 N–H and O–H groups in total. The lowest BCUT2D eigenvalue weighted by atomic mass is 10.1. The minimum absolute atomic E-state index is 0.000602. The maximum absolute atomic E-state index is 10.7. The number of hydrogen-bond acceptors (Lipinski definition) is 7. The van der Waals surface area contributed by atoms with E-state index in [2.05, 4.69) is 16.6 Å². The van der Waals surface area contributed by atoms with E-state index >= 15 is 0 Å². The molecule has 0 heterocycles. The molecule has 0 spiro atoms. The highest BCUT2D eigenvalue weighted by molar-refractivity contribution is 6.32. The Morgan fingerprint density at radius 1 is 1.19 bits per heavy atom. The Balaban J connectivity index is 1.75. The fraction of sp³-hybridized carbons (Fsp3) is 0.130. The molecule has 3 aromatic rings. The van der Waals surface area contributed by atoms with Crippen LogP contribution in [0.1, 0.15) is 23.6 Å². The number of anilines is 1. The van der Waals surface area contributed by atoms with E-state index in [-0.39, 0.29) is 12.3 Å². The van der Waals surface area contributed by atoms with E-state index in [0.29, 0.717) is 39.9 Å². The van der Waals surface area contributed by atoms with Crippen LogP contribution in [0.3, 0.4) is 0 Å². The summed E-state index contributed by atoms with van der Waals surface area (Å²) in [4.78, 5) is 10.3. The van der Waals surface area contributed by atoms with Crippen molar-refractivity contribution < 1.29 is 14.4 Å². The second-order valence-electron chi connectivity index (χ2n) is 6.49. The molecule has 0 amide bonds. The van der Waals surface area contributed by atoms with E-state index < -0.39 is 4.92 Å². The molecule has 0 saturated carbocycles. The Morgan fingerprint density at radius 3 is 2.62 bits per heavy atom. The molecule has 0 aliphatic rings. The van der Waals surface area contributed by atoms with Crippen LogP contribution in [0.5, 0.6) is 11.5 Å². The summed E-state index contributed by atoms with van der Waals surface area (Å²) >= 11 is 6.44. The molecule has 0 unspecified atom stereocenters. The molecule has 32 heavy (non-hydrogen) atoms. The minimum Gasteiger partial charge on any atom is -0.490 e. The molecule has 0 atom stereocenters. The summed E-state index contributed by atoms with van der Waals surface area (Å²) in [5.74, 6) is 0.827. The van der Waals surface area contributed by atoms with Crippen molar-refractivity contribution in [3.05, 3.63) is 92.5 Å². The lowest BCUT2D eigenvalue weighted by Gasteiger charge is -2.15. The molecule has 0 fully saturated rings. The van der Waals surface area contributed by atoms with Crippen LogP contribution in [0.2, 0.25) is 5.02 Å². The van der Waals surface area contributed by atoms with Crippen LogP contribution in [0.15, 0.2) is 65.8 Å². The first-order valence-electron chi connectivity index (χ1n) is 9.62. The molecule has 0 radical (unpaired) electrons. The highest BCUT2D eigenvalue weighted by Gasteiger charge is 2.13. The summed E-state index contributed by atoms with van der Waals surface area (Å²) in [7, 11) is 0. The van der Waals surface area contributed by atoms with E-state index in [9.17, 15) is 15.4 Å². The topological polar surface area (TPSA) is 110 Å². The van der Waals surface area contributed by atoms with Gasteiger partial charge in [0.1, 0.15) is 6.61 Å². The number of nitro groups is 1. The van der Waals surface area contributed by atoms with E-state index in [1.165, 1.54) is 12.1 Å². The third-order valence-corrected chi connectivity index (χ3v) is 4.61. The summed E-state index contributed by atoms with van der Waals surface area (Å²) < 4.78 is 11.6. The number of nitrogens with one attached hydrogen (secondary N) is 1. The molecule has 3 aromatic carbocycles. The standard InChI is InChI=1S/C23H19ClN4O4/c1-2-31-22-12-16(14-26-27-19-7-9-20(10-8-19)28(29)30)11-21(24)23(22)32-15-18-6-4-3-5-17(18)13-25/h3-12,14,27H,2,15H2,1H3/b26-14+. The second-order valence-corrected chi connectivity index (χ2v) is 6.90. The number of non-ortho nitro benzene ring substituents is 1. The van der Waals surface area contributed by atoms with Gasteiger partial charge in [-0.25, -0.2) is 0 Å². The number of hydrogen-bond donors (Lipinski definition) is 1. The van der Waals surface area contributed by atoms with Crippen molar-refractivity contribution in [2.24, 2.45) is 5.10 Å². The van der Waals surface area contributed by atoms with Crippen molar-refractivity contribution in [3.63, 3.8) is 0 Å². The first kappa shape index (κ1) is 22.6. The highest BCUT2D eigenvalue weighted by atomic mass is 35.5. The van der Waals surface area contributed by atoms with Crippen molar-refractivity contribution >= 4 is 29.2 Å². The van der Waals surface area contributed by atoms with Gasteiger partial charge in [-0.2, -0.15) is 10.4 Å². The Morgan fingerprint density at radius 2 is 1.94 bits per heavy atom. The molecular formula is C23H19ClN4O4. The maximum Gasteiger partial charge on any atom is 0.269 e. The zero-order valence-corrected chi connectivity index (χ0v) is 17.9. The molecule has 162 valence electrons. The number of benzene rings is 3. The van der Waals surface area contributed by atoms with Crippen molar-refractivity contribution in [1.82, 2.24) is 0 Å². The molecular weight excluding hydrogens is 432 g/mol. The zero-order valence-electron chi connectivity index (χ0n) is 17.1. The number of ether oxygens (including phenoxy) is 2. The molecule has 0 aliphatic carbocycles.